The lowest BCUT2D eigenvalue weighted by atomic mass is 9.67. The highest BCUT2D eigenvalue weighted by molar-refractivity contribution is 6.54. The first-order chi connectivity index (χ1) is 13.7. The van der Waals surface area contributed by atoms with Gasteiger partial charge in [-0.3, -0.25) is 9.69 Å². The number of hydrogen-bond acceptors (Lipinski definition) is 4. The van der Waals surface area contributed by atoms with E-state index in [1.54, 1.807) is 11.0 Å². The summed E-state index contributed by atoms with van der Waals surface area (Å²) < 4.78 is 13.7. The lowest BCUT2D eigenvalue weighted by Gasteiger charge is -2.50. The third-order valence-corrected chi connectivity index (χ3v) is 7.55. The highest BCUT2D eigenvalue weighted by Crippen LogP contribution is 2.44. The van der Waals surface area contributed by atoms with Crippen LogP contribution in [0.15, 0.2) is 23.4 Å². The van der Waals surface area contributed by atoms with Gasteiger partial charge in [0.05, 0.1) is 5.69 Å². The van der Waals surface area contributed by atoms with E-state index in [1.807, 2.05) is 0 Å². The Morgan fingerprint density at radius 2 is 1.64 bits per heavy atom. The van der Waals surface area contributed by atoms with Gasteiger partial charge in [0.1, 0.15) is 5.82 Å². The van der Waals surface area contributed by atoms with E-state index in [2.05, 4.69) is 10.1 Å². The summed E-state index contributed by atoms with van der Waals surface area (Å²) in [5.74, 6) is 0.980. The molecule has 2 heterocycles. The molecule has 5 rings (SSSR count). The molecule has 2 aliphatic carbocycles. The van der Waals surface area contributed by atoms with Crippen LogP contribution in [-0.2, 0) is 4.79 Å². The summed E-state index contributed by atoms with van der Waals surface area (Å²) in [6.07, 6.45) is 10.1. The van der Waals surface area contributed by atoms with Crippen LogP contribution in [0.25, 0.3) is 0 Å². The first-order valence-corrected chi connectivity index (χ1v) is 10.8. The second-order valence-corrected chi connectivity index (χ2v) is 8.92. The van der Waals surface area contributed by atoms with Gasteiger partial charge in [-0.25, -0.2) is 4.39 Å². The molecule has 1 amide bonds. The number of benzene rings is 1. The molecule has 0 atom stereocenters. The van der Waals surface area contributed by atoms with Gasteiger partial charge in [0.25, 0.3) is 5.91 Å². The van der Waals surface area contributed by atoms with Gasteiger partial charge in [0, 0.05) is 30.7 Å². The Morgan fingerprint density at radius 1 is 1.00 bits per heavy atom. The molecule has 2 bridgehead atoms. The maximum Gasteiger partial charge on any atom is 0.281 e. The maximum atomic E-state index is 13.7. The van der Waals surface area contributed by atoms with E-state index in [-0.39, 0.29) is 17.7 Å². The molecule has 28 heavy (non-hydrogen) atoms. The van der Waals surface area contributed by atoms with Gasteiger partial charge in [0.15, 0.2) is 5.71 Å². The molecule has 1 saturated heterocycles. The minimum absolute atomic E-state index is 0.0428. The number of likely N-dealkylation sites (tertiary alicyclic amines) is 1. The van der Waals surface area contributed by atoms with Crippen LogP contribution in [0.2, 0.25) is 0 Å². The summed E-state index contributed by atoms with van der Waals surface area (Å²) in [5, 5.41) is 12.5. The lowest BCUT2D eigenvalue weighted by Crippen LogP contribution is -2.55. The number of carbonyl (C=O) groups excluding carboxylic acids is 1. The molecule has 150 valence electrons. The van der Waals surface area contributed by atoms with E-state index in [4.69, 9.17) is 0 Å². The molecule has 1 aromatic carbocycles. The maximum absolute atomic E-state index is 13.7. The predicted octanol–water partition coefficient (Wildman–Crippen LogP) is 3.78. The Bertz CT molecular complexity index is 781. The number of oxime groups is 1. The van der Waals surface area contributed by atoms with E-state index in [9.17, 15) is 14.4 Å². The number of rotatable bonds is 2. The molecule has 0 spiro atoms. The monoisotopic (exact) mass is 385 g/mol. The summed E-state index contributed by atoms with van der Waals surface area (Å²) in [5.41, 5.74) is 1.03. The van der Waals surface area contributed by atoms with Gasteiger partial charge >= 0.3 is 0 Å². The first-order valence-electron chi connectivity index (χ1n) is 10.8. The fourth-order valence-corrected chi connectivity index (χ4v) is 6.39. The third-order valence-electron chi connectivity index (χ3n) is 7.55. The van der Waals surface area contributed by atoms with Gasteiger partial charge in [0.2, 0.25) is 0 Å². The summed E-state index contributed by atoms with van der Waals surface area (Å²) in [6.45, 7) is 2.02. The van der Waals surface area contributed by atoms with Crippen LogP contribution in [-0.4, -0.2) is 46.9 Å². The summed E-state index contributed by atoms with van der Waals surface area (Å²) >= 11 is 0. The molecule has 0 radical (unpaired) electrons. The van der Waals surface area contributed by atoms with E-state index in [0.29, 0.717) is 11.3 Å². The van der Waals surface area contributed by atoms with Crippen LogP contribution in [0, 0.1) is 17.7 Å². The van der Waals surface area contributed by atoms with Crippen LogP contribution < -0.4 is 4.90 Å². The molecular formula is C22H28FN3O2. The van der Waals surface area contributed by atoms with Gasteiger partial charge < -0.3 is 10.1 Å². The van der Waals surface area contributed by atoms with E-state index >= 15 is 0 Å². The van der Waals surface area contributed by atoms with Gasteiger partial charge in [-0.1, -0.05) is 18.0 Å². The molecule has 3 fully saturated rings. The average molecular weight is 385 g/mol. The number of nitrogens with zero attached hydrogens (tertiary/aromatic N) is 3. The lowest BCUT2D eigenvalue weighted by molar-refractivity contribution is -0.113. The zero-order chi connectivity index (χ0) is 19.3. The van der Waals surface area contributed by atoms with Crippen molar-refractivity contribution < 1.29 is 14.4 Å². The van der Waals surface area contributed by atoms with Crippen molar-refractivity contribution in [2.45, 2.75) is 63.5 Å². The van der Waals surface area contributed by atoms with Gasteiger partial charge in [-0.15, -0.1) is 0 Å². The summed E-state index contributed by atoms with van der Waals surface area (Å²) in [4.78, 5) is 17.3. The standard InChI is InChI=1S/C22H28FN3O2/c23-16-7-8-19-18(13-16)20(24-28)22(27)26(19)17-9-11-25(12-10-17)21-14-3-1-4-15(21)6-2-5-14/h7-8,13-15,17,21,28H,1-6,9-12H2. The Morgan fingerprint density at radius 3 is 2.25 bits per heavy atom. The Labute approximate surface area is 165 Å². The van der Waals surface area contributed by atoms with Crippen molar-refractivity contribution >= 4 is 17.3 Å². The topological polar surface area (TPSA) is 56.1 Å². The van der Waals surface area contributed by atoms with Crippen molar-refractivity contribution in [1.29, 1.82) is 0 Å². The van der Waals surface area contributed by atoms with Crippen molar-refractivity contribution in [2.24, 2.45) is 17.0 Å². The van der Waals surface area contributed by atoms with E-state index in [0.717, 1.165) is 43.8 Å². The zero-order valence-corrected chi connectivity index (χ0v) is 16.2. The predicted molar refractivity (Wildman–Crippen MR) is 105 cm³/mol. The largest absolute Gasteiger partial charge is 0.410 e. The SMILES string of the molecule is O=C1C(=NO)c2cc(F)ccc2N1C1CCN(C2C3CCCC2CCC3)CC1. The van der Waals surface area contributed by atoms with Crippen LogP contribution in [0.1, 0.15) is 56.9 Å². The number of piperidine rings is 1. The van der Waals surface area contributed by atoms with Crippen LogP contribution in [0.3, 0.4) is 0 Å². The highest BCUT2D eigenvalue weighted by atomic mass is 19.1. The van der Waals surface area contributed by atoms with E-state index < -0.39 is 5.82 Å². The fourth-order valence-electron chi connectivity index (χ4n) is 6.39. The zero-order valence-electron chi connectivity index (χ0n) is 16.2. The summed E-state index contributed by atoms with van der Waals surface area (Å²) in [6, 6.07) is 5.11. The number of carbonyl (C=O) groups is 1. The first kappa shape index (κ1) is 18.1. The Kier molecular flexibility index (Phi) is 4.62. The molecule has 2 saturated carbocycles. The minimum Gasteiger partial charge on any atom is -0.410 e. The normalized spacial score (nSPS) is 32.8. The van der Waals surface area contributed by atoms with Gasteiger partial charge in [-0.05, 0) is 68.6 Å². The highest BCUT2D eigenvalue weighted by Gasteiger charge is 2.44. The number of fused-ring (bicyclic) bond motifs is 3. The van der Waals surface area contributed by atoms with Crippen molar-refractivity contribution in [3.8, 4) is 0 Å². The number of hydrogen-bond donors (Lipinski definition) is 1. The Hall–Kier alpha value is -1.95. The van der Waals surface area contributed by atoms with Crippen LogP contribution >= 0.6 is 0 Å². The quantitative estimate of drug-likeness (QED) is 0.623. The minimum atomic E-state index is -0.423. The molecule has 6 heteroatoms. The molecule has 1 N–H and O–H groups in total. The molecule has 2 aliphatic heterocycles. The molecule has 0 unspecified atom stereocenters. The molecule has 5 nitrogen and oxygen atoms in total. The van der Waals surface area contributed by atoms with Crippen LogP contribution in [0.5, 0.6) is 0 Å². The van der Waals surface area contributed by atoms with Crippen molar-refractivity contribution in [2.75, 3.05) is 18.0 Å². The van der Waals surface area contributed by atoms with Crippen molar-refractivity contribution in [3.63, 3.8) is 0 Å². The summed E-state index contributed by atoms with van der Waals surface area (Å²) in [7, 11) is 0. The second-order valence-electron chi connectivity index (χ2n) is 8.92. The van der Waals surface area contributed by atoms with E-state index in [1.165, 1.54) is 50.7 Å². The number of amides is 1. The van der Waals surface area contributed by atoms with Crippen molar-refractivity contribution in [3.05, 3.63) is 29.6 Å². The molecular weight excluding hydrogens is 357 g/mol. The Balaban J connectivity index is 1.33. The van der Waals surface area contributed by atoms with Gasteiger partial charge in [-0.2, -0.15) is 0 Å². The smallest absolute Gasteiger partial charge is 0.281 e. The fraction of sp³-hybridized carbons (Fsp3) is 0.636. The average Bonchev–Trinajstić information content (AvgIpc) is 2.98. The number of anilines is 1. The third kappa shape index (κ3) is 2.84. The molecule has 4 aliphatic rings. The second kappa shape index (κ2) is 7.14. The number of halogens is 1. The van der Waals surface area contributed by atoms with Crippen LogP contribution in [0.4, 0.5) is 10.1 Å². The molecule has 0 aromatic heterocycles. The molecule has 1 aromatic rings. The van der Waals surface area contributed by atoms with Crippen molar-refractivity contribution in [1.82, 2.24) is 4.90 Å².